The first-order valence-corrected chi connectivity index (χ1v) is 6.80. The molecule has 4 rings (SSSR count). The molecule has 92 valence electrons. The molecule has 0 N–H and O–H groups in total. The van der Waals surface area contributed by atoms with Gasteiger partial charge < -0.3 is 9.15 Å². The first kappa shape index (κ1) is 10.2. The third kappa shape index (κ3) is 1.02. The molecule has 2 nitrogen and oxygen atoms in total. The molecule has 1 aliphatic heterocycles. The Labute approximate surface area is 102 Å². The van der Waals surface area contributed by atoms with Gasteiger partial charge >= 0.3 is 0 Å². The summed E-state index contributed by atoms with van der Waals surface area (Å²) in [5.74, 6) is 1.94. The lowest BCUT2D eigenvalue weighted by Crippen LogP contribution is -2.51. The zero-order chi connectivity index (χ0) is 11.8. The number of rotatable bonds is 0. The van der Waals surface area contributed by atoms with Crippen LogP contribution < -0.4 is 0 Å². The third-order valence-corrected chi connectivity index (χ3v) is 5.89. The minimum atomic E-state index is 0.113. The fourth-order valence-corrected chi connectivity index (χ4v) is 4.35. The van der Waals surface area contributed by atoms with Gasteiger partial charge in [-0.3, -0.25) is 0 Å². The molecule has 0 bridgehead atoms. The maximum Gasteiger partial charge on any atom is 0.110 e. The van der Waals surface area contributed by atoms with E-state index in [4.69, 9.17) is 9.15 Å². The quantitative estimate of drug-likeness (QED) is 0.642. The van der Waals surface area contributed by atoms with E-state index in [1.165, 1.54) is 29.7 Å². The first-order chi connectivity index (χ1) is 8.07. The van der Waals surface area contributed by atoms with Crippen LogP contribution >= 0.6 is 0 Å². The van der Waals surface area contributed by atoms with Crippen molar-refractivity contribution in [2.24, 2.45) is 11.3 Å². The van der Waals surface area contributed by atoms with Crippen LogP contribution in [0.25, 0.3) is 0 Å². The maximum atomic E-state index is 6.15. The van der Waals surface area contributed by atoms with Gasteiger partial charge in [0, 0.05) is 11.8 Å². The van der Waals surface area contributed by atoms with Gasteiger partial charge in [0.25, 0.3) is 0 Å². The zero-order valence-electron chi connectivity index (χ0n) is 10.9. The molecule has 4 atom stereocenters. The van der Waals surface area contributed by atoms with Crippen molar-refractivity contribution in [2.75, 3.05) is 0 Å². The SMILES string of the molecule is Cc1coc2c1C[C@]1(C)[C@@H](C)CC[C@@H]3O[C@@]31C2. The molecule has 2 fully saturated rings. The smallest absolute Gasteiger partial charge is 0.110 e. The van der Waals surface area contributed by atoms with Crippen LogP contribution in [0.3, 0.4) is 0 Å². The van der Waals surface area contributed by atoms with Crippen molar-refractivity contribution in [1.82, 2.24) is 0 Å². The molecule has 1 spiro atoms. The predicted octanol–water partition coefficient (Wildman–Crippen LogP) is 3.26. The second-order valence-electron chi connectivity index (χ2n) is 6.57. The first-order valence-electron chi connectivity index (χ1n) is 6.80. The molecule has 0 unspecified atom stereocenters. The van der Waals surface area contributed by atoms with Crippen molar-refractivity contribution in [3.05, 3.63) is 23.2 Å². The monoisotopic (exact) mass is 232 g/mol. The number of ether oxygens (including phenoxy) is 1. The summed E-state index contributed by atoms with van der Waals surface area (Å²) < 4.78 is 11.9. The van der Waals surface area contributed by atoms with E-state index in [1.54, 1.807) is 0 Å². The predicted molar refractivity (Wildman–Crippen MR) is 65.0 cm³/mol. The third-order valence-electron chi connectivity index (χ3n) is 5.89. The topological polar surface area (TPSA) is 25.7 Å². The molecule has 1 aromatic heterocycles. The summed E-state index contributed by atoms with van der Waals surface area (Å²) >= 11 is 0. The maximum absolute atomic E-state index is 6.15. The number of hydrogen-bond donors (Lipinski definition) is 0. The van der Waals surface area contributed by atoms with Gasteiger partial charge in [-0.05, 0) is 43.2 Å². The molecule has 0 radical (unpaired) electrons. The van der Waals surface area contributed by atoms with E-state index in [-0.39, 0.29) is 5.60 Å². The Kier molecular flexibility index (Phi) is 1.68. The lowest BCUT2D eigenvalue weighted by molar-refractivity contribution is 0.0371. The Morgan fingerprint density at radius 2 is 2.12 bits per heavy atom. The summed E-state index contributed by atoms with van der Waals surface area (Å²) in [6, 6.07) is 0. The molecule has 2 aliphatic carbocycles. The van der Waals surface area contributed by atoms with E-state index in [2.05, 4.69) is 20.8 Å². The van der Waals surface area contributed by atoms with Gasteiger partial charge in [-0.2, -0.15) is 0 Å². The Bertz CT molecular complexity index is 489. The van der Waals surface area contributed by atoms with Crippen LogP contribution in [-0.2, 0) is 17.6 Å². The number of aryl methyl sites for hydroxylation is 1. The Morgan fingerprint density at radius 3 is 2.94 bits per heavy atom. The minimum absolute atomic E-state index is 0.113. The standard InChI is InChI=1S/C15H20O2/c1-9-8-16-12-7-15-13(17-15)5-4-10(2)14(15,3)6-11(9)12/h8,10,13H,4-7H2,1-3H3/t10-,13-,14+,15-/m0/s1. The molecular weight excluding hydrogens is 212 g/mol. The van der Waals surface area contributed by atoms with E-state index in [1.807, 2.05) is 6.26 Å². The molecule has 2 heteroatoms. The molecule has 2 heterocycles. The number of fused-ring (bicyclic) bond motifs is 1. The van der Waals surface area contributed by atoms with Crippen molar-refractivity contribution in [3.8, 4) is 0 Å². The Balaban J connectivity index is 1.85. The van der Waals surface area contributed by atoms with Gasteiger partial charge in [-0.15, -0.1) is 0 Å². The van der Waals surface area contributed by atoms with Crippen molar-refractivity contribution in [2.45, 2.75) is 58.2 Å². The average Bonchev–Trinajstić information content (AvgIpc) is 2.92. The van der Waals surface area contributed by atoms with Gasteiger partial charge in [-0.25, -0.2) is 0 Å². The number of furan rings is 1. The molecule has 0 amide bonds. The number of epoxide rings is 1. The second-order valence-corrected chi connectivity index (χ2v) is 6.57. The van der Waals surface area contributed by atoms with Gasteiger partial charge in [0.2, 0.25) is 0 Å². The summed E-state index contributed by atoms with van der Waals surface area (Å²) in [4.78, 5) is 0. The van der Waals surface area contributed by atoms with Crippen LogP contribution in [0, 0.1) is 18.3 Å². The fraction of sp³-hybridized carbons (Fsp3) is 0.733. The summed E-state index contributed by atoms with van der Waals surface area (Å²) in [6.45, 7) is 7.01. The van der Waals surface area contributed by atoms with E-state index in [0.29, 0.717) is 11.5 Å². The van der Waals surface area contributed by atoms with E-state index in [0.717, 1.165) is 18.8 Å². The van der Waals surface area contributed by atoms with Crippen molar-refractivity contribution >= 4 is 0 Å². The second kappa shape index (κ2) is 2.80. The molecule has 3 aliphatic rings. The van der Waals surface area contributed by atoms with Crippen LogP contribution in [0.1, 0.15) is 43.6 Å². The van der Waals surface area contributed by atoms with E-state index >= 15 is 0 Å². The minimum Gasteiger partial charge on any atom is -0.469 e. The largest absolute Gasteiger partial charge is 0.469 e. The van der Waals surface area contributed by atoms with Gasteiger partial charge in [0.05, 0.1) is 12.4 Å². The lowest BCUT2D eigenvalue weighted by atomic mass is 9.55. The Morgan fingerprint density at radius 1 is 1.29 bits per heavy atom. The van der Waals surface area contributed by atoms with Crippen LogP contribution in [0.5, 0.6) is 0 Å². The lowest BCUT2D eigenvalue weighted by Gasteiger charge is -2.46. The highest BCUT2D eigenvalue weighted by atomic mass is 16.6. The summed E-state index contributed by atoms with van der Waals surface area (Å²) in [7, 11) is 0. The van der Waals surface area contributed by atoms with Crippen LogP contribution in [-0.4, -0.2) is 11.7 Å². The summed E-state index contributed by atoms with van der Waals surface area (Å²) in [5, 5.41) is 0. The van der Waals surface area contributed by atoms with Crippen molar-refractivity contribution in [1.29, 1.82) is 0 Å². The van der Waals surface area contributed by atoms with Crippen LogP contribution in [0.15, 0.2) is 10.7 Å². The summed E-state index contributed by atoms with van der Waals surface area (Å²) in [6.07, 6.45) is 7.12. The van der Waals surface area contributed by atoms with Crippen molar-refractivity contribution < 1.29 is 9.15 Å². The highest BCUT2D eigenvalue weighted by Gasteiger charge is 2.71. The van der Waals surface area contributed by atoms with E-state index in [9.17, 15) is 0 Å². The van der Waals surface area contributed by atoms with Crippen LogP contribution in [0.4, 0.5) is 0 Å². The molecule has 1 aromatic rings. The van der Waals surface area contributed by atoms with Crippen LogP contribution in [0.2, 0.25) is 0 Å². The highest BCUT2D eigenvalue weighted by molar-refractivity contribution is 5.38. The summed E-state index contributed by atoms with van der Waals surface area (Å²) in [5.41, 5.74) is 3.21. The zero-order valence-corrected chi connectivity index (χ0v) is 10.9. The molecule has 1 saturated heterocycles. The Hall–Kier alpha value is -0.760. The highest BCUT2D eigenvalue weighted by Crippen LogP contribution is 2.65. The van der Waals surface area contributed by atoms with Gasteiger partial charge in [0.1, 0.15) is 11.4 Å². The fourth-order valence-electron chi connectivity index (χ4n) is 4.35. The molecule has 0 aromatic carbocycles. The van der Waals surface area contributed by atoms with Gasteiger partial charge in [-0.1, -0.05) is 13.8 Å². The van der Waals surface area contributed by atoms with Gasteiger partial charge in [0.15, 0.2) is 0 Å². The normalized spacial score (nSPS) is 47.0. The van der Waals surface area contributed by atoms with Crippen molar-refractivity contribution in [3.63, 3.8) is 0 Å². The van der Waals surface area contributed by atoms with E-state index < -0.39 is 0 Å². The molecule has 1 saturated carbocycles. The molecular formula is C15H20O2. The number of hydrogen-bond acceptors (Lipinski definition) is 2. The average molecular weight is 232 g/mol. The molecule has 17 heavy (non-hydrogen) atoms.